The minimum atomic E-state index is -0.0127. The highest BCUT2D eigenvalue weighted by Gasteiger charge is 2.41. The number of nitrogens with one attached hydrogen (secondary N) is 1. The highest BCUT2D eigenvalue weighted by atomic mass is 127. The van der Waals surface area contributed by atoms with Crippen molar-refractivity contribution in [1.82, 2.24) is 5.32 Å². The first-order valence-corrected chi connectivity index (χ1v) is 8.26. The lowest BCUT2D eigenvalue weighted by atomic mass is 10.0. The average molecular weight is 443 g/mol. The number of carbonyl (C=O) groups excluding carboxylic acids is 1. The van der Waals surface area contributed by atoms with Crippen LogP contribution in [-0.4, -0.2) is 18.3 Å². The Bertz CT molecular complexity index is 462. The predicted octanol–water partition coefficient (Wildman–Crippen LogP) is 4.19. The Hall–Kier alpha value is 0.190. The van der Waals surface area contributed by atoms with Crippen LogP contribution in [0.5, 0.6) is 0 Å². The molecule has 1 aromatic rings. The van der Waals surface area contributed by atoms with Crippen LogP contribution in [0.25, 0.3) is 0 Å². The molecule has 0 atom stereocenters. The topological polar surface area (TPSA) is 29.1 Å². The smallest absolute Gasteiger partial charge is 0.252 e. The highest BCUT2D eigenvalue weighted by Crippen LogP contribution is 2.48. The fourth-order valence-corrected chi connectivity index (χ4v) is 3.25. The van der Waals surface area contributed by atoms with Gasteiger partial charge in [-0.3, -0.25) is 4.79 Å². The van der Waals surface area contributed by atoms with E-state index >= 15 is 0 Å². The Balaban J connectivity index is 1.98. The number of benzene rings is 1. The van der Waals surface area contributed by atoms with Crippen LogP contribution in [0.1, 0.15) is 29.6 Å². The third-order valence-corrected chi connectivity index (χ3v) is 4.93. The van der Waals surface area contributed by atoms with E-state index in [1.807, 2.05) is 18.2 Å². The number of hydrogen-bond acceptors (Lipinski definition) is 1. The molecule has 0 aromatic heterocycles. The van der Waals surface area contributed by atoms with Crippen molar-refractivity contribution in [1.29, 1.82) is 0 Å². The number of alkyl halides is 1. The summed E-state index contributed by atoms with van der Waals surface area (Å²) in [7, 11) is 0. The van der Waals surface area contributed by atoms with Gasteiger partial charge in [0.2, 0.25) is 0 Å². The van der Waals surface area contributed by atoms with E-state index in [9.17, 15) is 4.79 Å². The first-order chi connectivity index (χ1) is 8.56. The van der Waals surface area contributed by atoms with Crippen LogP contribution in [0, 0.1) is 8.99 Å². The molecule has 1 saturated carbocycles. The Morgan fingerprint density at radius 1 is 1.50 bits per heavy atom. The van der Waals surface area contributed by atoms with Crippen molar-refractivity contribution in [3.8, 4) is 0 Å². The third kappa shape index (κ3) is 3.61. The van der Waals surface area contributed by atoms with Crippen molar-refractivity contribution in [3.05, 3.63) is 31.8 Å². The zero-order valence-electron chi connectivity index (χ0n) is 9.81. The van der Waals surface area contributed by atoms with Gasteiger partial charge in [-0.05, 0) is 81.4 Å². The summed E-state index contributed by atoms with van der Waals surface area (Å²) in [6, 6.07) is 5.76. The first kappa shape index (κ1) is 14.6. The fourth-order valence-electron chi connectivity index (χ4n) is 1.93. The van der Waals surface area contributed by atoms with Gasteiger partial charge >= 0.3 is 0 Å². The molecule has 0 radical (unpaired) electrons. The Kier molecular flexibility index (Phi) is 4.94. The predicted molar refractivity (Wildman–Crippen MR) is 86.2 cm³/mol. The lowest BCUT2D eigenvalue weighted by Gasteiger charge is -2.15. The molecule has 0 spiro atoms. The summed E-state index contributed by atoms with van der Waals surface area (Å²) >= 11 is 11.4. The van der Waals surface area contributed by atoms with Gasteiger partial charge < -0.3 is 5.32 Å². The quantitative estimate of drug-likeness (QED) is 0.538. The molecule has 1 N–H and O–H groups in total. The van der Waals surface area contributed by atoms with E-state index in [0.29, 0.717) is 11.4 Å². The van der Waals surface area contributed by atoms with Crippen LogP contribution in [0.15, 0.2) is 22.7 Å². The molecule has 0 saturated heterocycles. The zero-order valence-corrected chi connectivity index (χ0v) is 14.3. The minimum Gasteiger partial charge on any atom is -0.351 e. The summed E-state index contributed by atoms with van der Waals surface area (Å²) in [6.45, 7) is 0.733. The molecule has 1 fully saturated rings. The number of amides is 1. The van der Waals surface area contributed by atoms with Crippen molar-refractivity contribution in [2.45, 2.75) is 19.3 Å². The van der Waals surface area contributed by atoms with Gasteiger partial charge in [0.15, 0.2) is 0 Å². The summed E-state index contributed by atoms with van der Waals surface area (Å²) < 4.78 is 1.89. The minimum absolute atomic E-state index is 0.0127. The van der Waals surface area contributed by atoms with Crippen LogP contribution in [0.4, 0.5) is 0 Å². The molecule has 98 valence electrons. The van der Waals surface area contributed by atoms with E-state index in [1.54, 1.807) is 0 Å². The van der Waals surface area contributed by atoms with Crippen molar-refractivity contribution >= 4 is 56.0 Å². The molecular formula is C13H14BrClINO. The number of hydrogen-bond donors (Lipinski definition) is 1. The van der Waals surface area contributed by atoms with Crippen molar-refractivity contribution in [3.63, 3.8) is 0 Å². The van der Waals surface area contributed by atoms with Crippen molar-refractivity contribution in [2.24, 2.45) is 5.41 Å². The molecule has 0 aliphatic heterocycles. The lowest BCUT2D eigenvalue weighted by Crippen LogP contribution is -2.30. The van der Waals surface area contributed by atoms with Gasteiger partial charge in [0.05, 0.1) is 5.56 Å². The molecule has 18 heavy (non-hydrogen) atoms. The zero-order chi connectivity index (χ0) is 13.2. The average Bonchev–Trinajstić information content (AvgIpc) is 3.10. The normalized spacial score (nSPS) is 16.4. The van der Waals surface area contributed by atoms with Crippen LogP contribution < -0.4 is 5.32 Å². The molecule has 1 aromatic carbocycles. The Morgan fingerprint density at radius 3 is 2.83 bits per heavy atom. The van der Waals surface area contributed by atoms with Gasteiger partial charge in [0.1, 0.15) is 0 Å². The van der Waals surface area contributed by atoms with E-state index in [1.165, 1.54) is 12.8 Å². The van der Waals surface area contributed by atoms with Gasteiger partial charge in [-0.15, -0.1) is 11.6 Å². The molecule has 0 heterocycles. The maximum atomic E-state index is 12.1. The molecule has 1 aliphatic carbocycles. The maximum Gasteiger partial charge on any atom is 0.252 e. The second kappa shape index (κ2) is 6.09. The molecule has 2 rings (SSSR count). The molecule has 0 bridgehead atoms. The molecular weight excluding hydrogens is 428 g/mol. The Morgan fingerprint density at radius 2 is 2.22 bits per heavy atom. The Labute approximate surface area is 134 Å². The van der Waals surface area contributed by atoms with Gasteiger partial charge in [0, 0.05) is 20.5 Å². The maximum absolute atomic E-state index is 12.1. The van der Waals surface area contributed by atoms with Gasteiger partial charge in [-0.25, -0.2) is 0 Å². The second-order valence-corrected chi connectivity index (χ2v) is 7.22. The number of halogens is 3. The molecule has 2 nitrogen and oxygen atoms in total. The number of carbonyl (C=O) groups is 1. The number of rotatable bonds is 5. The highest BCUT2D eigenvalue weighted by molar-refractivity contribution is 14.1. The van der Waals surface area contributed by atoms with Crippen LogP contribution in [-0.2, 0) is 0 Å². The van der Waals surface area contributed by atoms with Crippen LogP contribution in [0.3, 0.4) is 0 Å². The molecule has 1 aliphatic rings. The lowest BCUT2D eigenvalue weighted by molar-refractivity contribution is 0.0943. The monoisotopic (exact) mass is 441 g/mol. The van der Waals surface area contributed by atoms with E-state index < -0.39 is 0 Å². The van der Waals surface area contributed by atoms with Crippen molar-refractivity contribution in [2.75, 3.05) is 12.4 Å². The molecule has 1 amide bonds. The summed E-state index contributed by atoms with van der Waals surface area (Å²) in [6.07, 6.45) is 3.34. The second-order valence-electron chi connectivity index (χ2n) is 4.75. The first-order valence-electron chi connectivity index (χ1n) is 5.86. The standard InChI is InChI=1S/C13H14BrClINO/c14-11-2-1-9(16)7-10(11)12(18)17-8-13(3-4-13)5-6-15/h1-2,7H,3-6,8H2,(H,17,18). The van der Waals surface area contributed by atoms with E-state index in [4.69, 9.17) is 11.6 Å². The van der Waals surface area contributed by atoms with Gasteiger partial charge in [0.25, 0.3) is 5.91 Å². The van der Waals surface area contributed by atoms with Crippen molar-refractivity contribution < 1.29 is 4.79 Å². The summed E-state index contributed by atoms with van der Waals surface area (Å²) in [5, 5.41) is 3.02. The largest absolute Gasteiger partial charge is 0.351 e. The molecule has 5 heteroatoms. The molecule has 0 unspecified atom stereocenters. The fraction of sp³-hybridized carbons (Fsp3) is 0.462. The van der Waals surface area contributed by atoms with Crippen LogP contribution >= 0.6 is 50.1 Å². The summed E-state index contributed by atoms with van der Waals surface area (Å²) in [5.74, 6) is 0.657. The summed E-state index contributed by atoms with van der Waals surface area (Å²) in [4.78, 5) is 12.1. The summed E-state index contributed by atoms with van der Waals surface area (Å²) in [5.41, 5.74) is 0.967. The van der Waals surface area contributed by atoms with E-state index in [2.05, 4.69) is 43.8 Å². The van der Waals surface area contributed by atoms with E-state index in [-0.39, 0.29) is 11.3 Å². The van der Waals surface area contributed by atoms with E-state index in [0.717, 1.165) is 21.0 Å². The van der Waals surface area contributed by atoms with Crippen LogP contribution in [0.2, 0.25) is 0 Å². The van der Waals surface area contributed by atoms with Gasteiger partial charge in [-0.2, -0.15) is 0 Å². The SMILES string of the molecule is O=C(NCC1(CCCl)CC1)c1cc(I)ccc1Br. The van der Waals surface area contributed by atoms with Gasteiger partial charge in [-0.1, -0.05) is 0 Å². The third-order valence-electron chi connectivity index (χ3n) is 3.38.